The molecule has 17 heavy (non-hydrogen) atoms. The first-order valence-electron chi connectivity index (χ1n) is 4.71. The fourth-order valence-electron chi connectivity index (χ4n) is 1.16. The first-order chi connectivity index (χ1) is 8.04. The van der Waals surface area contributed by atoms with Crippen LogP contribution in [0.4, 0.5) is 14.5 Å². The summed E-state index contributed by atoms with van der Waals surface area (Å²) in [5.74, 6) is -0.222. The Balaban J connectivity index is 2.78. The number of hydrogen-bond acceptors (Lipinski definition) is 3. The molecule has 0 spiro atoms. The Hall–Kier alpha value is -0.780. The van der Waals surface area contributed by atoms with Crippen LogP contribution < -0.4 is 10.1 Å². The summed E-state index contributed by atoms with van der Waals surface area (Å²) in [6.45, 7) is -1.90. The second kappa shape index (κ2) is 6.83. The molecule has 0 aliphatic heterocycles. The van der Waals surface area contributed by atoms with Crippen molar-refractivity contribution in [2.24, 2.45) is 0 Å². The summed E-state index contributed by atoms with van der Waals surface area (Å²) in [4.78, 5) is 0. The van der Waals surface area contributed by atoms with E-state index in [2.05, 4.69) is 10.1 Å². The molecule has 0 fully saturated rings. The average molecular weight is 286 g/mol. The van der Waals surface area contributed by atoms with Gasteiger partial charge in [-0.25, -0.2) is 0 Å². The molecule has 1 aromatic carbocycles. The molecule has 0 unspecified atom stereocenters. The third-order valence-electron chi connectivity index (χ3n) is 1.84. The lowest BCUT2D eigenvalue weighted by molar-refractivity contribution is -0.0497. The van der Waals surface area contributed by atoms with E-state index < -0.39 is 6.61 Å². The highest BCUT2D eigenvalue weighted by Gasteiger charge is 2.14. The van der Waals surface area contributed by atoms with Gasteiger partial charge >= 0.3 is 6.61 Å². The number of rotatable bonds is 6. The molecule has 0 saturated carbocycles. The standard InChI is InChI=1S/C10H11Cl2F2NO2/c1-16-3-2-15-6-4-7(11)9(8(12)5-6)17-10(13)14/h4-5,10,15H,2-3H2,1H3. The molecule has 7 heteroatoms. The van der Waals surface area contributed by atoms with Gasteiger partial charge in [-0.05, 0) is 12.1 Å². The quantitative estimate of drug-likeness (QED) is 0.810. The second-order valence-corrected chi connectivity index (χ2v) is 3.88. The zero-order valence-electron chi connectivity index (χ0n) is 8.97. The van der Waals surface area contributed by atoms with E-state index in [9.17, 15) is 8.78 Å². The Labute approximate surface area is 108 Å². The molecule has 1 N–H and O–H groups in total. The molecule has 0 saturated heterocycles. The van der Waals surface area contributed by atoms with Crippen LogP contribution in [0.5, 0.6) is 5.75 Å². The van der Waals surface area contributed by atoms with Crippen LogP contribution in [0, 0.1) is 0 Å². The lowest BCUT2D eigenvalue weighted by Gasteiger charge is -2.12. The van der Waals surface area contributed by atoms with Gasteiger partial charge in [0.2, 0.25) is 0 Å². The third kappa shape index (κ3) is 4.53. The molecule has 96 valence electrons. The van der Waals surface area contributed by atoms with Crippen molar-refractivity contribution < 1.29 is 18.3 Å². The van der Waals surface area contributed by atoms with E-state index in [0.29, 0.717) is 18.8 Å². The molecule has 0 bridgehead atoms. The van der Waals surface area contributed by atoms with Gasteiger partial charge in [-0.1, -0.05) is 23.2 Å². The zero-order chi connectivity index (χ0) is 12.8. The van der Waals surface area contributed by atoms with Crippen molar-refractivity contribution in [3.63, 3.8) is 0 Å². The Morgan fingerprint density at radius 1 is 1.29 bits per heavy atom. The van der Waals surface area contributed by atoms with E-state index >= 15 is 0 Å². The molecule has 3 nitrogen and oxygen atoms in total. The van der Waals surface area contributed by atoms with Crippen molar-refractivity contribution in [1.82, 2.24) is 0 Å². The molecule has 0 aromatic heterocycles. The Morgan fingerprint density at radius 3 is 2.35 bits per heavy atom. The summed E-state index contributed by atoms with van der Waals surface area (Å²) in [5.41, 5.74) is 0.610. The van der Waals surface area contributed by atoms with Gasteiger partial charge in [-0.15, -0.1) is 0 Å². The number of ether oxygens (including phenoxy) is 2. The van der Waals surface area contributed by atoms with E-state index in [1.54, 1.807) is 7.11 Å². The van der Waals surface area contributed by atoms with Gasteiger partial charge in [-0.2, -0.15) is 8.78 Å². The van der Waals surface area contributed by atoms with Gasteiger partial charge in [0.25, 0.3) is 0 Å². The molecule has 0 amide bonds. The topological polar surface area (TPSA) is 30.5 Å². The molecule has 0 radical (unpaired) electrons. The van der Waals surface area contributed by atoms with E-state index in [1.807, 2.05) is 0 Å². The van der Waals surface area contributed by atoms with Gasteiger partial charge in [0.15, 0.2) is 5.75 Å². The average Bonchev–Trinajstić information content (AvgIpc) is 2.24. The van der Waals surface area contributed by atoms with E-state index in [0.717, 1.165) is 0 Å². The fraction of sp³-hybridized carbons (Fsp3) is 0.400. The summed E-state index contributed by atoms with van der Waals surface area (Å²) in [6, 6.07) is 2.92. The Morgan fingerprint density at radius 2 is 1.88 bits per heavy atom. The number of nitrogens with one attached hydrogen (secondary N) is 1. The van der Waals surface area contributed by atoms with Crippen molar-refractivity contribution in [3.05, 3.63) is 22.2 Å². The molecule has 1 aromatic rings. The molecule has 1 rings (SSSR count). The Bertz CT molecular complexity index is 354. The van der Waals surface area contributed by atoms with Crippen LogP contribution in [-0.2, 0) is 4.74 Å². The van der Waals surface area contributed by atoms with E-state index in [1.165, 1.54) is 12.1 Å². The number of benzene rings is 1. The van der Waals surface area contributed by atoms with Crippen molar-refractivity contribution in [3.8, 4) is 5.75 Å². The summed E-state index contributed by atoms with van der Waals surface area (Å²) in [6.07, 6.45) is 0. The lowest BCUT2D eigenvalue weighted by Crippen LogP contribution is -2.08. The summed E-state index contributed by atoms with van der Waals surface area (Å²) < 4.78 is 33.2. The first kappa shape index (κ1) is 14.3. The van der Waals surface area contributed by atoms with Crippen molar-refractivity contribution in [1.29, 1.82) is 0 Å². The van der Waals surface area contributed by atoms with Crippen LogP contribution in [0.25, 0.3) is 0 Å². The number of anilines is 1. The summed E-state index contributed by atoms with van der Waals surface area (Å²) >= 11 is 11.6. The summed E-state index contributed by atoms with van der Waals surface area (Å²) in [5, 5.41) is 3.02. The third-order valence-corrected chi connectivity index (χ3v) is 2.40. The maximum Gasteiger partial charge on any atom is 0.387 e. The predicted molar refractivity (Wildman–Crippen MR) is 63.5 cm³/mol. The molecule has 0 aliphatic carbocycles. The number of hydrogen-bond donors (Lipinski definition) is 1. The van der Waals surface area contributed by atoms with Crippen molar-refractivity contribution >= 4 is 28.9 Å². The van der Waals surface area contributed by atoms with Crippen molar-refractivity contribution in [2.75, 3.05) is 25.6 Å². The van der Waals surface area contributed by atoms with Gasteiger partial charge in [0, 0.05) is 19.3 Å². The van der Waals surface area contributed by atoms with Gasteiger partial charge in [0.05, 0.1) is 16.7 Å². The highest BCUT2D eigenvalue weighted by atomic mass is 35.5. The zero-order valence-corrected chi connectivity index (χ0v) is 10.5. The Kier molecular flexibility index (Phi) is 5.74. The highest BCUT2D eigenvalue weighted by Crippen LogP contribution is 2.36. The second-order valence-electron chi connectivity index (χ2n) is 3.07. The van der Waals surface area contributed by atoms with Crippen LogP contribution in [0.3, 0.4) is 0 Å². The van der Waals surface area contributed by atoms with Gasteiger partial charge in [0.1, 0.15) is 0 Å². The smallest absolute Gasteiger partial charge is 0.387 e. The predicted octanol–water partition coefficient (Wildman–Crippen LogP) is 3.65. The van der Waals surface area contributed by atoms with Crippen LogP contribution in [0.1, 0.15) is 0 Å². The number of methoxy groups -OCH3 is 1. The largest absolute Gasteiger partial charge is 0.432 e. The van der Waals surface area contributed by atoms with E-state index in [-0.39, 0.29) is 15.8 Å². The monoisotopic (exact) mass is 285 g/mol. The maximum atomic E-state index is 12.1. The number of halogens is 4. The lowest BCUT2D eigenvalue weighted by atomic mass is 10.3. The number of alkyl halides is 2. The highest BCUT2D eigenvalue weighted by molar-refractivity contribution is 6.37. The normalized spacial score (nSPS) is 10.7. The van der Waals surface area contributed by atoms with Crippen LogP contribution >= 0.6 is 23.2 Å². The van der Waals surface area contributed by atoms with Crippen LogP contribution in [0.2, 0.25) is 10.0 Å². The van der Waals surface area contributed by atoms with Crippen molar-refractivity contribution in [2.45, 2.75) is 6.61 Å². The molecule has 0 atom stereocenters. The maximum absolute atomic E-state index is 12.1. The SMILES string of the molecule is COCCNc1cc(Cl)c(OC(F)F)c(Cl)c1. The van der Waals surface area contributed by atoms with Crippen LogP contribution in [-0.4, -0.2) is 26.9 Å². The minimum absolute atomic E-state index is 0.0257. The van der Waals surface area contributed by atoms with Gasteiger partial charge in [-0.3, -0.25) is 0 Å². The minimum atomic E-state index is -2.96. The minimum Gasteiger partial charge on any atom is -0.432 e. The molecular weight excluding hydrogens is 275 g/mol. The molecule has 0 aliphatic rings. The van der Waals surface area contributed by atoms with Crippen LogP contribution in [0.15, 0.2) is 12.1 Å². The van der Waals surface area contributed by atoms with E-state index in [4.69, 9.17) is 27.9 Å². The summed E-state index contributed by atoms with van der Waals surface area (Å²) in [7, 11) is 1.57. The molecular formula is C10H11Cl2F2NO2. The fourth-order valence-corrected chi connectivity index (χ4v) is 1.74. The molecule has 0 heterocycles. The van der Waals surface area contributed by atoms with Gasteiger partial charge < -0.3 is 14.8 Å². The first-order valence-corrected chi connectivity index (χ1v) is 5.47.